The van der Waals surface area contributed by atoms with Crippen molar-refractivity contribution >= 4 is 28.4 Å². The zero-order valence-corrected chi connectivity index (χ0v) is 13.9. The largest absolute Gasteiger partial charge is 0.351 e. The highest BCUT2D eigenvalue weighted by molar-refractivity contribution is 6.31. The second-order valence-corrected chi connectivity index (χ2v) is 6.43. The normalized spacial score (nSPS) is 11.1. The number of carbonyl (C=O) groups excluding carboxylic acids is 1. The van der Waals surface area contributed by atoms with E-state index >= 15 is 0 Å². The van der Waals surface area contributed by atoms with Crippen LogP contribution in [-0.4, -0.2) is 10.9 Å². The molecule has 0 radical (unpaired) electrons. The standard InChI is InChI=1S/C19H19ClN2O/c1-12(2)14-5-3-13(4-6-14)11-21-19(23)18-10-15-9-16(20)7-8-17(15)22-18/h3-10,12,22H,11H2,1-2H3,(H,21,23). The molecule has 3 aromatic rings. The molecule has 0 saturated carbocycles. The smallest absolute Gasteiger partial charge is 0.267 e. The fourth-order valence-corrected chi connectivity index (χ4v) is 2.70. The summed E-state index contributed by atoms with van der Waals surface area (Å²) in [6, 6.07) is 15.7. The SMILES string of the molecule is CC(C)c1ccc(CNC(=O)c2cc3cc(Cl)ccc3[nH]2)cc1. The zero-order chi connectivity index (χ0) is 16.4. The van der Waals surface area contributed by atoms with E-state index in [1.807, 2.05) is 18.2 Å². The Bertz CT molecular complexity index is 834. The maximum Gasteiger partial charge on any atom is 0.267 e. The van der Waals surface area contributed by atoms with Crippen LogP contribution in [0.25, 0.3) is 10.9 Å². The fraction of sp³-hybridized carbons (Fsp3) is 0.211. The number of hydrogen-bond donors (Lipinski definition) is 2. The van der Waals surface area contributed by atoms with Gasteiger partial charge in [-0.3, -0.25) is 4.79 Å². The Morgan fingerprint density at radius 3 is 2.57 bits per heavy atom. The van der Waals surface area contributed by atoms with Crippen LogP contribution < -0.4 is 5.32 Å². The van der Waals surface area contributed by atoms with Crippen LogP contribution in [0.2, 0.25) is 5.02 Å². The number of nitrogens with one attached hydrogen (secondary N) is 2. The van der Waals surface area contributed by atoms with Crippen molar-refractivity contribution < 1.29 is 4.79 Å². The average Bonchev–Trinajstić information content (AvgIpc) is 2.96. The molecule has 0 fully saturated rings. The first kappa shape index (κ1) is 15.6. The molecule has 0 bridgehead atoms. The van der Waals surface area contributed by atoms with Gasteiger partial charge in [0.2, 0.25) is 0 Å². The molecule has 2 N–H and O–H groups in total. The quantitative estimate of drug-likeness (QED) is 0.705. The molecule has 0 spiro atoms. The minimum atomic E-state index is -0.120. The Morgan fingerprint density at radius 2 is 1.87 bits per heavy atom. The zero-order valence-electron chi connectivity index (χ0n) is 13.2. The lowest BCUT2D eigenvalue weighted by molar-refractivity contribution is 0.0947. The number of fused-ring (bicyclic) bond motifs is 1. The Balaban J connectivity index is 1.68. The van der Waals surface area contributed by atoms with Gasteiger partial charge >= 0.3 is 0 Å². The van der Waals surface area contributed by atoms with Gasteiger partial charge in [-0.15, -0.1) is 0 Å². The molecule has 1 amide bonds. The van der Waals surface area contributed by atoms with Gasteiger partial charge in [-0.25, -0.2) is 0 Å². The molecule has 0 unspecified atom stereocenters. The molecule has 0 aliphatic carbocycles. The maximum absolute atomic E-state index is 12.3. The van der Waals surface area contributed by atoms with Crippen molar-refractivity contribution in [2.75, 3.05) is 0 Å². The van der Waals surface area contributed by atoms with E-state index in [4.69, 9.17) is 11.6 Å². The van der Waals surface area contributed by atoms with E-state index in [-0.39, 0.29) is 5.91 Å². The van der Waals surface area contributed by atoms with Crippen molar-refractivity contribution in [3.8, 4) is 0 Å². The first-order valence-corrected chi connectivity index (χ1v) is 8.06. The highest BCUT2D eigenvalue weighted by atomic mass is 35.5. The van der Waals surface area contributed by atoms with Gasteiger partial charge in [-0.05, 0) is 41.3 Å². The Hall–Kier alpha value is -2.26. The van der Waals surface area contributed by atoms with Crippen molar-refractivity contribution in [1.82, 2.24) is 10.3 Å². The molecule has 4 heteroatoms. The molecule has 0 atom stereocenters. The van der Waals surface area contributed by atoms with Gasteiger partial charge < -0.3 is 10.3 Å². The molecule has 23 heavy (non-hydrogen) atoms. The van der Waals surface area contributed by atoms with Crippen molar-refractivity contribution in [2.24, 2.45) is 0 Å². The number of amides is 1. The van der Waals surface area contributed by atoms with Crippen molar-refractivity contribution in [2.45, 2.75) is 26.3 Å². The first-order chi connectivity index (χ1) is 11.0. The van der Waals surface area contributed by atoms with E-state index in [0.717, 1.165) is 16.5 Å². The molecule has 1 aromatic heterocycles. The van der Waals surface area contributed by atoms with E-state index in [1.54, 1.807) is 6.07 Å². The third-order valence-electron chi connectivity index (χ3n) is 3.93. The van der Waals surface area contributed by atoms with Gasteiger partial charge in [0.1, 0.15) is 5.69 Å². The van der Waals surface area contributed by atoms with Gasteiger partial charge in [0, 0.05) is 22.5 Å². The summed E-state index contributed by atoms with van der Waals surface area (Å²) in [5.74, 6) is 0.391. The lowest BCUT2D eigenvalue weighted by atomic mass is 10.0. The van der Waals surface area contributed by atoms with Gasteiger partial charge in [0.05, 0.1) is 0 Å². The predicted octanol–water partition coefficient (Wildman–Crippen LogP) is 4.87. The summed E-state index contributed by atoms with van der Waals surface area (Å²) in [6.07, 6.45) is 0. The summed E-state index contributed by atoms with van der Waals surface area (Å²) >= 11 is 5.97. The lowest BCUT2D eigenvalue weighted by Gasteiger charge is -2.07. The minimum absolute atomic E-state index is 0.120. The molecular weight excluding hydrogens is 308 g/mol. The minimum Gasteiger partial charge on any atom is -0.351 e. The number of halogens is 1. The molecule has 0 aliphatic heterocycles. The third kappa shape index (κ3) is 3.57. The Morgan fingerprint density at radius 1 is 1.13 bits per heavy atom. The summed E-state index contributed by atoms with van der Waals surface area (Å²) in [5.41, 5.74) is 3.83. The number of H-pyrrole nitrogens is 1. The van der Waals surface area contributed by atoms with Crippen LogP contribution in [0.3, 0.4) is 0 Å². The van der Waals surface area contributed by atoms with Crippen LogP contribution in [0.5, 0.6) is 0 Å². The lowest BCUT2D eigenvalue weighted by Crippen LogP contribution is -2.23. The van der Waals surface area contributed by atoms with E-state index in [2.05, 4.69) is 48.4 Å². The molecule has 1 heterocycles. The summed E-state index contributed by atoms with van der Waals surface area (Å²) < 4.78 is 0. The van der Waals surface area contributed by atoms with Crippen LogP contribution in [-0.2, 0) is 6.54 Å². The predicted molar refractivity (Wildman–Crippen MR) is 95.0 cm³/mol. The second-order valence-electron chi connectivity index (χ2n) is 5.99. The highest BCUT2D eigenvalue weighted by Gasteiger charge is 2.09. The number of aromatic amines is 1. The number of rotatable bonds is 4. The van der Waals surface area contributed by atoms with Gasteiger partial charge in [0.15, 0.2) is 0 Å². The van der Waals surface area contributed by atoms with Crippen LogP contribution in [0, 0.1) is 0 Å². The first-order valence-electron chi connectivity index (χ1n) is 7.68. The van der Waals surface area contributed by atoms with Crippen LogP contribution in [0.4, 0.5) is 0 Å². The fourth-order valence-electron chi connectivity index (χ4n) is 2.52. The number of benzene rings is 2. The summed E-state index contributed by atoms with van der Waals surface area (Å²) in [7, 11) is 0. The molecule has 118 valence electrons. The van der Waals surface area contributed by atoms with E-state index in [1.165, 1.54) is 5.56 Å². The van der Waals surface area contributed by atoms with Gasteiger partial charge in [0.25, 0.3) is 5.91 Å². The van der Waals surface area contributed by atoms with Crippen molar-refractivity contribution in [1.29, 1.82) is 0 Å². The van der Waals surface area contributed by atoms with Crippen LogP contribution in [0.15, 0.2) is 48.5 Å². The van der Waals surface area contributed by atoms with Crippen molar-refractivity contribution in [3.05, 3.63) is 70.4 Å². The molecule has 3 rings (SSSR count). The molecule has 0 aliphatic rings. The summed E-state index contributed by atoms with van der Waals surface area (Å²) in [6.45, 7) is 4.84. The van der Waals surface area contributed by atoms with Crippen LogP contribution >= 0.6 is 11.6 Å². The van der Waals surface area contributed by atoms with Gasteiger partial charge in [-0.1, -0.05) is 49.7 Å². The third-order valence-corrected chi connectivity index (χ3v) is 4.16. The average molecular weight is 327 g/mol. The Labute approximate surface area is 140 Å². The van der Waals surface area contributed by atoms with Crippen LogP contribution in [0.1, 0.15) is 41.4 Å². The van der Waals surface area contributed by atoms with E-state index in [9.17, 15) is 4.79 Å². The second kappa shape index (κ2) is 6.47. The number of carbonyl (C=O) groups is 1. The summed E-state index contributed by atoms with van der Waals surface area (Å²) in [5, 5.41) is 4.53. The highest BCUT2D eigenvalue weighted by Crippen LogP contribution is 2.20. The molecule has 3 nitrogen and oxygen atoms in total. The Kier molecular flexibility index (Phi) is 4.39. The maximum atomic E-state index is 12.3. The number of aromatic nitrogens is 1. The summed E-state index contributed by atoms with van der Waals surface area (Å²) in [4.78, 5) is 15.4. The van der Waals surface area contributed by atoms with E-state index < -0.39 is 0 Å². The number of hydrogen-bond acceptors (Lipinski definition) is 1. The monoisotopic (exact) mass is 326 g/mol. The molecular formula is C19H19ClN2O. The topological polar surface area (TPSA) is 44.9 Å². The molecule has 2 aromatic carbocycles. The van der Waals surface area contributed by atoms with Crippen molar-refractivity contribution in [3.63, 3.8) is 0 Å². The molecule has 0 saturated heterocycles. The van der Waals surface area contributed by atoms with Gasteiger partial charge in [-0.2, -0.15) is 0 Å². The van der Waals surface area contributed by atoms with E-state index in [0.29, 0.717) is 23.2 Å².